The normalized spacial score (nSPS) is 15.7. The second-order valence-corrected chi connectivity index (χ2v) is 4.47. The van der Waals surface area contributed by atoms with Crippen LogP contribution in [0.25, 0.3) is 0 Å². The number of hydrogen-bond donors (Lipinski definition) is 3. The molecule has 6 nitrogen and oxygen atoms in total. The molecule has 1 saturated heterocycles. The van der Waals surface area contributed by atoms with Gasteiger partial charge in [-0.1, -0.05) is 6.07 Å². The molecular weight excluding hydrogens is 244 g/mol. The molecule has 0 unspecified atom stereocenters. The Hall–Kier alpha value is -2.08. The van der Waals surface area contributed by atoms with Crippen molar-refractivity contribution in [3.8, 4) is 0 Å². The zero-order chi connectivity index (χ0) is 13.7. The highest BCUT2D eigenvalue weighted by Gasteiger charge is 2.17. The van der Waals surface area contributed by atoms with Crippen LogP contribution < -0.4 is 16.4 Å². The number of rotatable bonds is 2. The summed E-state index contributed by atoms with van der Waals surface area (Å²) in [7, 11) is 0. The van der Waals surface area contributed by atoms with Gasteiger partial charge >= 0.3 is 6.03 Å². The Bertz CT molecular complexity index is 467. The zero-order valence-corrected chi connectivity index (χ0v) is 10.7. The largest absolute Gasteiger partial charge is 0.351 e. The molecule has 2 rings (SSSR count). The molecule has 1 aromatic carbocycles. The van der Waals surface area contributed by atoms with Crippen LogP contribution in [0.5, 0.6) is 0 Å². The van der Waals surface area contributed by atoms with E-state index in [0.29, 0.717) is 17.8 Å². The first kappa shape index (κ1) is 13.4. The van der Waals surface area contributed by atoms with Crippen LogP contribution in [0.2, 0.25) is 0 Å². The molecule has 1 fully saturated rings. The second-order valence-electron chi connectivity index (χ2n) is 4.47. The van der Waals surface area contributed by atoms with Crippen LogP contribution in [-0.4, -0.2) is 43.0 Å². The molecule has 102 valence electrons. The van der Waals surface area contributed by atoms with Gasteiger partial charge in [0.25, 0.3) is 5.91 Å². The van der Waals surface area contributed by atoms with Gasteiger partial charge in [-0.15, -0.1) is 0 Å². The zero-order valence-electron chi connectivity index (χ0n) is 10.7. The third-order valence-electron chi connectivity index (χ3n) is 3.00. The summed E-state index contributed by atoms with van der Waals surface area (Å²) in [5.74, 6) is -0.0168. The van der Waals surface area contributed by atoms with Gasteiger partial charge in [0, 0.05) is 30.9 Å². The molecule has 3 amide bonds. The van der Waals surface area contributed by atoms with E-state index < -0.39 is 6.03 Å². The smallest absolute Gasteiger partial charge is 0.316 e. The Balaban J connectivity index is 2.11. The van der Waals surface area contributed by atoms with Crippen LogP contribution in [-0.2, 0) is 0 Å². The van der Waals surface area contributed by atoms with E-state index in [9.17, 15) is 9.59 Å². The first-order chi connectivity index (χ1) is 9.16. The van der Waals surface area contributed by atoms with E-state index in [4.69, 9.17) is 5.73 Å². The van der Waals surface area contributed by atoms with Crippen molar-refractivity contribution in [2.75, 3.05) is 31.5 Å². The molecule has 0 bridgehead atoms. The molecule has 19 heavy (non-hydrogen) atoms. The van der Waals surface area contributed by atoms with E-state index in [2.05, 4.69) is 10.6 Å². The Morgan fingerprint density at radius 1 is 1.26 bits per heavy atom. The van der Waals surface area contributed by atoms with Crippen molar-refractivity contribution in [1.29, 1.82) is 0 Å². The maximum Gasteiger partial charge on any atom is 0.316 e. The molecule has 0 radical (unpaired) electrons. The van der Waals surface area contributed by atoms with Crippen LogP contribution in [0, 0.1) is 0 Å². The number of nitrogens with two attached hydrogens (primary N) is 1. The molecule has 6 heteroatoms. The van der Waals surface area contributed by atoms with Crippen LogP contribution in [0.4, 0.5) is 10.5 Å². The van der Waals surface area contributed by atoms with Gasteiger partial charge < -0.3 is 21.3 Å². The summed E-state index contributed by atoms with van der Waals surface area (Å²) >= 11 is 0. The van der Waals surface area contributed by atoms with E-state index in [1.165, 1.54) is 0 Å². The predicted octanol–water partition coefficient (Wildman–Crippen LogP) is 0.613. The van der Waals surface area contributed by atoms with Crippen molar-refractivity contribution in [3.05, 3.63) is 29.8 Å². The Kier molecular flexibility index (Phi) is 4.35. The van der Waals surface area contributed by atoms with Gasteiger partial charge in [-0.25, -0.2) is 4.79 Å². The standard InChI is InChI=1S/C13H18N4O2/c14-13(19)16-11-4-1-3-10(9-11)12(18)17-7-2-5-15-6-8-17/h1,3-4,9,15H,2,5-8H2,(H3,14,16,19). The molecule has 0 spiro atoms. The van der Waals surface area contributed by atoms with Crippen LogP contribution in [0.3, 0.4) is 0 Å². The van der Waals surface area contributed by atoms with E-state index in [-0.39, 0.29) is 5.91 Å². The van der Waals surface area contributed by atoms with Crippen LogP contribution in [0.1, 0.15) is 16.8 Å². The topological polar surface area (TPSA) is 87.5 Å². The van der Waals surface area contributed by atoms with Gasteiger partial charge in [0.05, 0.1) is 0 Å². The summed E-state index contributed by atoms with van der Waals surface area (Å²) in [5.41, 5.74) is 6.16. The molecule has 1 aliphatic rings. The van der Waals surface area contributed by atoms with E-state index in [0.717, 1.165) is 26.1 Å². The minimum absolute atomic E-state index is 0.0168. The first-order valence-electron chi connectivity index (χ1n) is 6.33. The number of carbonyl (C=O) groups excluding carboxylic acids is 2. The average molecular weight is 262 g/mol. The van der Waals surface area contributed by atoms with Gasteiger partial charge in [0.2, 0.25) is 0 Å². The van der Waals surface area contributed by atoms with Crippen LogP contribution in [0.15, 0.2) is 24.3 Å². The molecule has 1 aliphatic heterocycles. The van der Waals surface area contributed by atoms with Crippen molar-refractivity contribution in [1.82, 2.24) is 10.2 Å². The van der Waals surface area contributed by atoms with Crippen molar-refractivity contribution >= 4 is 17.6 Å². The number of nitrogens with one attached hydrogen (secondary N) is 2. The number of benzene rings is 1. The van der Waals surface area contributed by atoms with Gasteiger partial charge in [-0.2, -0.15) is 0 Å². The fourth-order valence-corrected chi connectivity index (χ4v) is 2.10. The summed E-state index contributed by atoms with van der Waals surface area (Å²) in [6, 6.07) is 6.18. The third kappa shape index (κ3) is 3.69. The van der Waals surface area contributed by atoms with Gasteiger partial charge in [0.15, 0.2) is 0 Å². The Morgan fingerprint density at radius 3 is 2.89 bits per heavy atom. The minimum Gasteiger partial charge on any atom is -0.351 e. The Labute approximate surface area is 112 Å². The number of carbonyl (C=O) groups is 2. The lowest BCUT2D eigenvalue weighted by Gasteiger charge is -2.20. The lowest BCUT2D eigenvalue weighted by Crippen LogP contribution is -2.34. The third-order valence-corrected chi connectivity index (χ3v) is 3.00. The molecule has 0 aliphatic carbocycles. The number of hydrogen-bond acceptors (Lipinski definition) is 3. The van der Waals surface area contributed by atoms with Gasteiger partial charge in [-0.05, 0) is 31.2 Å². The maximum atomic E-state index is 12.3. The number of nitrogens with zero attached hydrogens (tertiary/aromatic N) is 1. The fraction of sp³-hybridized carbons (Fsp3) is 0.385. The highest BCUT2D eigenvalue weighted by molar-refractivity contribution is 5.96. The summed E-state index contributed by atoms with van der Waals surface area (Å²) in [4.78, 5) is 25.0. The number of amides is 3. The maximum absolute atomic E-state index is 12.3. The Morgan fingerprint density at radius 2 is 2.11 bits per heavy atom. The van der Waals surface area contributed by atoms with E-state index in [1.54, 1.807) is 24.3 Å². The molecule has 1 heterocycles. The summed E-state index contributed by atoms with van der Waals surface area (Å²) < 4.78 is 0. The lowest BCUT2D eigenvalue weighted by atomic mass is 10.1. The average Bonchev–Trinajstić information content (AvgIpc) is 2.66. The lowest BCUT2D eigenvalue weighted by molar-refractivity contribution is 0.0766. The molecular formula is C13H18N4O2. The highest BCUT2D eigenvalue weighted by Crippen LogP contribution is 2.13. The van der Waals surface area contributed by atoms with Crippen molar-refractivity contribution in [2.45, 2.75) is 6.42 Å². The molecule has 0 aromatic heterocycles. The SMILES string of the molecule is NC(=O)Nc1cccc(C(=O)N2CCCNCC2)c1. The summed E-state index contributed by atoms with van der Waals surface area (Å²) in [6.07, 6.45) is 0.949. The number of urea groups is 1. The molecule has 4 N–H and O–H groups in total. The van der Waals surface area contributed by atoms with Gasteiger partial charge in [-0.3, -0.25) is 4.79 Å². The van der Waals surface area contributed by atoms with Crippen LogP contribution >= 0.6 is 0 Å². The first-order valence-corrected chi connectivity index (χ1v) is 6.33. The van der Waals surface area contributed by atoms with E-state index >= 15 is 0 Å². The predicted molar refractivity (Wildman–Crippen MR) is 73.0 cm³/mol. The van der Waals surface area contributed by atoms with Crippen molar-refractivity contribution in [2.24, 2.45) is 5.73 Å². The molecule has 0 atom stereocenters. The monoisotopic (exact) mass is 262 g/mol. The minimum atomic E-state index is -0.636. The van der Waals surface area contributed by atoms with Gasteiger partial charge in [0.1, 0.15) is 0 Å². The van der Waals surface area contributed by atoms with E-state index in [1.807, 2.05) is 4.90 Å². The number of anilines is 1. The number of primary amides is 1. The molecule has 1 aromatic rings. The van der Waals surface area contributed by atoms with Crippen molar-refractivity contribution < 1.29 is 9.59 Å². The second kappa shape index (κ2) is 6.19. The summed E-state index contributed by atoms with van der Waals surface area (Å²) in [6.45, 7) is 3.20. The highest BCUT2D eigenvalue weighted by atomic mass is 16.2. The molecule has 0 saturated carbocycles. The quantitative estimate of drug-likeness (QED) is 0.730. The fourth-order valence-electron chi connectivity index (χ4n) is 2.10. The van der Waals surface area contributed by atoms with Crippen molar-refractivity contribution in [3.63, 3.8) is 0 Å². The summed E-state index contributed by atoms with van der Waals surface area (Å²) in [5, 5.41) is 5.72.